The van der Waals surface area contributed by atoms with E-state index in [1.54, 1.807) is 48.5 Å². The molecule has 12 nitrogen and oxygen atoms in total. The van der Waals surface area contributed by atoms with Gasteiger partial charge in [-0.2, -0.15) is 18.6 Å². The second-order valence-corrected chi connectivity index (χ2v) is 13.0. The van der Waals surface area contributed by atoms with Crippen molar-refractivity contribution >= 4 is 75.9 Å². The number of benzene rings is 6. The van der Waals surface area contributed by atoms with Gasteiger partial charge in [0.05, 0.1) is 32.5 Å². The fourth-order valence-corrected chi connectivity index (χ4v) is 5.83. The van der Waals surface area contributed by atoms with Crippen molar-refractivity contribution in [1.82, 2.24) is 0 Å². The molecule has 6 aromatic carbocycles. The first-order valence-corrected chi connectivity index (χ1v) is 16.3. The van der Waals surface area contributed by atoms with Gasteiger partial charge in [0.1, 0.15) is 10.1 Å². The van der Waals surface area contributed by atoms with E-state index in [0.717, 1.165) is 11.1 Å². The van der Waals surface area contributed by atoms with Crippen molar-refractivity contribution in [3.8, 4) is 11.1 Å². The van der Waals surface area contributed by atoms with Crippen LogP contribution in [0.4, 0.5) is 34.1 Å². The molecule has 0 heterocycles. The average Bonchev–Trinajstić information content (AvgIpc) is 3.04. The first-order valence-electron chi connectivity index (χ1n) is 13.5. The Balaban J connectivity index is 1.19. The van der Waals surface area contributed by atoms with Crippen LogP contribution in [0.2, 0.25) is 0 Å². The Morgan fingerprint density at radius 1 is 0.500 bits per heavy atom. The summed E-state index contributed by atoms with van der Waals surface area (Å²) in [5.74, 6) is 0. The normalized spacial score (nSPS) is 12.5. The lowest BCUT2D eigenvalue weighted by atomic mass is 10.1. The summed E-state index contributed by atoms with van der Waals surface area (Å²) in [5, 5.41) is 19.2. The van der Waals surface area contributed by atoms with Crippen LogP contribution in [0.3, 0.4) is 0 Å². The molecule has 230 valence electrons. The summed E-state index contributed by atoms with van der Waals surface area (Å²) in [6, 6.07) is 29.3. The maximum atomic E-state index is 11.5. The van der Waals surface area contributed by atoms with Gasteiger partial charge in [0.25, 0.3) is 10.1 Å². The highest BCUT2D eigenvalue weighted by molar-refractivity contribution is 7.86. The standard InChI is InChI=1S/C32H24N6O6S2/c33-29-13-15-31(25-11-9-23(17-27(25)29)45(39,40)41)37-35-21-5-1-19(2-6-21)20-3-7-22(8-4-20)36-38-32-16-14-30(34)28-18-24(46(42,43)44)10-12-26(28)32/h1-18H,33-34H2,(H,39,40,41)(H,42,43,44)/p-1. The first-order chi connectivity index (χ1) is 21.9. The van der Waals surface area contributed by atoms with Gasteiger partial charge in [-0.1, -0.05) is 36.4 Å². The Kier molecular flexibility index (Phi) is 7.79. The molecule has 46 heavy (non-hydrogen) atoms. The molecule has 0 aromatic heterocycles. The monoisotopic (exact) mass is 651 g/mol. The van der Waals surface area contributed by atoms with E-state index in [0.29, 0.717) is 55.7 Å². The molecule has 0 bridgehead atoms. The van der Waals surface area contributed by atoms with Gasteiger partial charge in [0.2, 0.25) is 0 Å². The van der Waals surface area contributed by atoms with Crippen LogP contribution in [0, 0.1) is 0 Å². The van der Waals surface area contributed by atoms with Crippen molar-refractivity contribution in [2.24, 2.45) is 20.5 Å². The van der Waals surface area contributed by atoms with Gasteiger partial charge in [-0.05, 0) is 83.9 Å². The Morgan fingerprint density at radius 3 is 1.33 bits per heavy atom. The summed E-state index contributed by atoms with van der Waals surface area (Å²) >= 11 is 0. The van der Waals surface area contributed by atoms with E-state index in [-0.39, 0.29) is 9.79 Å². The highest BCUT2D eigenvalue weighted by Crippen LogP contribution is 2.35. The number of rotatable bonds is 7. The van der Waals surface area contributed by atoms with E-state index in [4.69, 9.17) is 11.5 Å². The molecule has 0 spiro atoms. The highest BCUT2D eigenvalue weighted by atomic mass is 32.2. The lowest BCUT2D eigenvalue weighted by molar-refractivity contribution is 0.463. The van der Waals surface area contributed by atoms with Crippen LogP contribution in [0.5, 0.6) is 0 Å². The van der Waals surface area contributed by atoms with Crippen LogP contribution in [0.25, 0.3) is 32.7 Å². The number of nitrogens with two attached hydrogens (primary N) is 2. The molecule has 6 aromatic rings. The molecule has 0 amide bonds. The molecule has 14 heteroatoms. The third-order valence-electron chi connectivity index (χ3n) is 7.20. The van der Waals surface area contributed by atoms with E-state index in [1.807, 2.05) is 24.3 Å². The number of azo groups is 2. The maximum absolute atomic E-state index is 11.5. The van der Waals surface area contributed by atoms with Gasteiger partial charge in [-0.25, -0.2) is 8.42 Å². The zero-order chi connectivity index (χ0) is 32.6. The molecular weight excluding hydrogens is 629 g/mol. The third-order valence-corrected chi connectivity index (χ3v) is 8.88. The molecule has 0 radical (unpaired) electrons. The van der Waals surface area contributed by atoms with Crippen molar-refractivity contribution in [1.29, 1.82) is 0 Å². The van der Waals surface area contributed by atoms with Crippen LogP contribution >= 0.6 is 0 Å². The second kappa shape index (κ2) is 11.8. The van der Waals surface area contributed by atoms with Gasteiger partial charge in [-0.3, -0.25) is 4.55 Å². The molecule has 0 saturated carbocycles. The minimum absolute atomic E-state index is 0.264. The molecule has 0 unspecified atom stereocenters. The summed E-state index contributed by atoms with van der Waals surface area (Å²) in [7, 11) is -9.02. The van der Waals surface area contributed by atoms with Gasteiger partial charge in [-0.15, -0.1) is 10.2 Å². The fraction of sp³-hybridized carbons (Fsp3) is 0. The zero-order valence-electron chi connectivity index (χ0n) is 23.6. The first kappa shape index (κ1) is 30.5. The predicted molar refractivity (Wildman–Crippen MR) is 175 cm³/mol. The number of nitrogen functional groups attached to an aromatic ring is 2. The lowest BCUT2D eigenvalue weighted by Crippen LogP contribution is -1.98. The second-order valence-electron chi connectivity index (χ2n) is 10.2. The largest absolute Gasteiger partial charge is 0.744 e. The van der Waals surface area contributed by atoms with Crippen LogP contribution in [-0.4, -0.2) is 25.9 Å². The lowest BCUT2D eigenvalue weighted by Gasteiger charge is -2.10. The number of anilines is 2. The maximum Gasteiger partial charge on any atom is 0.294 e. The minimum Gasteiger partial charge on any atom is -0.744 e. The molecule has 0 fully saturated rings. The Hall–Kier alpha value is -5.54. The highest BCUT2D eigenvalue weighted by Gasteiger charge is 2.13. The molecule has 0 aliphatic carbocycles. The van der Waals surface area contributed by atoms with Gasteiger partial charge in [0.15, 0.2) is 0 Å². The topological polar surface area (TPSA) is 213 Å². The minimum atomic E-state index is -4.63. The summed E-state index contributed by atoms with van der Waals surface area (Å²) in [5.41, 5.74) is 16.6. The Labute approximate surface area is 263 Å². The molecule has 0 saturated heterocycles. The van der Waals surface area contributed by atoms with Crippen molar-refractivity contribution < 1.29 is 25.9 Å². The SMILES string of the molecule is Nc1ccc(N=Nc2ccc(-c3ccc(N=Nc4ccc(N)c5cc(S(=O)(=O)O)ccc45)cc3)cc2)c2ccc(S(=O)(=O)[O-])cc12. The zero-order valence-corrected chi connectivity index (χ0v) is 25.3. The molecule has 0 aliphatic rings. The molecule has 0 aliphatic heterocycles. The Bertz CT molecular complexity index is 2260. The van der Waals surface area contributed by atoms with Gasteiger partial charge >= 0.3 is 0 Å². The summed E-state index contributed by atoms with van der Waals surface area (Å²) in [6.07, 6.45) is 0. The average molecular weight is 652 g/mol. The van der Waals surface area contributed by atoms with Crippen molar-refractivity contribution in [3.05, 3.63) is 109 Å². The number of nitrogens with zero attached hydrogens (tertiary/aromatic N) is 4. The summed E-state index contributed by atoms with van der Waals surface area (Å²) in [6.45, 7) is 0. The summed E-state index contributed by atoms with van der Waals surface area (Å²) < 4.78 is 66.7. The quantitative estimate of drug-likeness (QED) is 0.0877. The summed E-state index contributed by atoms with van der Waals surface area (Å²) in [4.78, 5) is -0.637. The molecule has 5 N–H and O–H groups in total. The number of hydrogen-bond donors (Lipinski definition) is 3. The molecule has 6 rings (SSSR count). The number of fused-ring (bicyclic) bond motifs is 2. The predicted octanol–water partition coefficient (Wildman–Crippen LogP) is 7.81. The van der Waals surface area contributed by atoms with Crippen molar-refractivity contribution in [2.45, 2.75) is 9.79 Å². The van der Waals surface area contributed by atoms with Crippen LogP contribution in [0.1, 0.15) is 0 Å². The van der Waals surface area contributed by atoms with Crippen molar-refractivity contribution in [2.75, 3.05) is 11.5 Å². The van der Waals surface area contributed by atoms with E-state index < -0.39 is 20.2 Å². The van der Waals surface area contributed by atoms with Crippen molar-refractivity contribution in [3.63, 3.8) is 0 Å². The molecule has 0 atom stereocenters. The van der Waals surface area contributed by atoms with E-state index in [9.17, 15) is 25.9 Å². The van der Waals surface area contributed by atoms with Crippen LogP contribution in [-0.2, 0) is 20.2 Å². The third kappa shape index (κ3) is 6.31. The van der Waals surface area contributed by atoms with E-state index >= 15 is 0 Å². The van der Waals surface area contributed by atoms with Gasteiger partial charge < -0.3 is 16.0 Å². The van der Waals surface area contributed by atoms with E-state index in [2.05, 4.69) is 20.5 Å². The Morgan fingerprint density at radius 2 is 0.913 bits per heavy atom. The van der Waals surface area contributed by atoms with Gasteiger partial charge in [0, 0.05) is 32.9 Å². The smallest absolute Gasteiger partial charge is 0.294 e. The van der Waals surface area contributed by atoms with Crippen LogP contribution in [0.15, 0.2) is 139 Å². The fourth-order valence-electron chi connectivity index (χ4n) is 4.82. The van der Waals surface area contributed by atoms with Crippen LogP contribution < -0.4 is 11.5 Å². The number of hydrogen-bond acceptors (Lipinski definition) is 11. The molecular formula is C32H23N6O6S2-. The van der Waals surface area contributed by atoms with E-state index in [1.165, 1.54) is 36.4 Å².